The van der Waals surface area contributed by atoms with Crippen molar-refractivity contribution >= 4 is 26.0 Å². The lowest BCUT2D eigenvalue weighted by atomic mass is 10.00. The van der Waals surface area contributed by atoms with Crippen molar-refractivity contribution in [1.82, 2.24) is 14.4 Å². The fourth-order valence-corrected chi connectivity index (χ4v) is 5.44. The summed E-state index contributed by atoms with van der Waals surface area (Å²) in [6, 6.07) is 14.9. The van der Waals surface area contributed by atoms with Crippen molar-refractivity contribution in [2.24, 2.45) is 0 Å². The van der Waals surface area contributed by atoms with E-state index in [4.69, 9.17) is 4.52 Å². The standard InChI is InChI=1S/C22H24BrN3O3S/c1-15(2)16-7-11-20(12-8-16)30(27,28)26-13-3-4-18(14-26)22-24-21(25-29-22)17-5-9-19(23)10-6-17/h5-12,15,18H,3-4,13-14H2,1-2H3/t18-/m0/s1. The highest BCUT2D eigenvalue weighted by molar-refractivity contribution is 9.10. The molecule has 0 amide bonds. The zero-order valence-corrected chi connectivity index (χ0v) is 19.4. The Hall–Kier alpha value is -2.03. The summed E-state index contributed by atoms with van der Waals surface area (Å²) in [5.41, 5.74) is 1.98. The third-order valence-electron chi connectivity index (χ3n) is 5.46. The van der Waals surface area contributed by atoms with Crippen LogP contribution in [0.15, 0.2) is 62.4 Å². The first-order valence-electron chi connectivity index (χ1n) is 10.0. The summed E-state index contributed by atoms with van der Waals surface area (Å²) in [6.07, 6.45) is 1.57. The van der Waals surface area contributed by atoms with Crippen molar-refractivity contribution in [2.45, 2.75) is 43.4 Å². The highest BCUT2D eigenvalue weighted by atomic mass is 79.9. The third-order valence-corrected chi connectivity index (χ3v) is 7.87. The van der Waals surface area contributed by atoms with E-state index in [1.54, 1.807) is 12.1 Å². The van der Waals surface area contributed by atoms with Crippen LogP contribution in [0, 0.1) is 0 Å². The molecule has 1 aliphatic rings. The second kappa shape index (κ2) is 8.61. The van der Waals surface area contributed by atoms with Gasteiger partial charge < -0.3 is 4.52 Å². The van der Waals surface area contributed by atoms with Gasteiger partial charge in [0.25, 0.3) is 0 Å². The number of aromatic nitrogens is 2. The molecule has 158 valence electrons. The number of piperidine rings is 1. The Morgan fingerprint density at radius 2 is 1.80 bits per heavy atom. The van der Waals surface area contributed by atoms with Crippen LogP contribution < -0.4 is 0 Å². The van der Waals surface area contributed by atoms with E-state index in [2.05, 4.69) is 39.9 Å². The number of benzene rings is 2. The molecule has 1 atom stereocenters. The number of sulfonamides is 1. The average molecular weight is 490 g/mol. The van der Waals surface area contributed by atoms with Crippen LogP contribution in [0.25, 0.3) is 11.4 Å². The maximum absolute atomic E-state index is 13.2. The Morgan fingerprint density at radius 3 is 2.47 bits per heavy atom. The smallest absolute Gasteiger partial charge is 0.243 e. The van der Waals surface area contributed by atoms with Gasteiger partial charge in [0.2, 0.25) is 21.7 Å². The highest BCUT2D eigenvalue weighted by Gasteiger charge is 2.33. The second-order valence-electron chi connectivity index (χ2n) is 7.89. The van der Waals surface area contributed by atoms with E-state index < -0.39 is 10.0 Å². The van der Waals surface area contributed by atoms with Crippen molar-refractivity contribution in [3.63, 3.8) is 0 Å². The molecule has 2 heterocycles. The Balaban J connectivity index is 1.52. The molecular weight excluding hydrogens is 466 g/mol. The topological polar surface area (TPSA) is 76.3 Å². The average Bonchev–Trinajstić information content (AvgIpc) is 3.25. The SMILES string of the molecule is CC(C)c1ccc(S(=O)(=O)N2CCC[C@H](c3nc(-c4ccc(Br)cc4)no3)C2)cc1. The molecule has 1 aromatic heterocycles. The van der Waals surface area contributed by atoms with E-state index in [0.29, 0.717) is 35.6 Å². The Morgan fingerprint density at radius 1 is 1.10 bits per heavy atom. The summed E-state index contributed by atoms with van der Waals surface area (Å²) >= 11 is 3.41. The zero-order chi connectivity index (χ0) is 21.3. The molecule has 1 aliphatic heterocycles. The lowest BCUT2D eigenvalue weighted by Gasteiger charge is -2.30. The molecule has 30 heavy (non-hydrogen) atoms. The van der Waals surface area contributed by atoms with Crippen molar-refractivity contribution in [2.75, 3.05) is 13.1 Å². The second-order valence-corrected chi connectivity index (χ2v) is 10.7. The monoisotopic (exact) mass is 489 g/mol. The fraction of sp³-hybridized carbons (Fsp3) is 0.364. The van der Waals surface area contributed by atoms with Crippen LogP contribution in [0.2, 0.25) is 0 Å². The molecule has 0 unspecified atom stereocenters. The van der Waals surface area contributed by atoms with Gasteiger partial charge in [0.1, 0.15) is 0 Å². The molecule has 1 saturated heterocycles. The summed E-state index contributed by atoms with van der Waals surface area (Å²) in [5.74, 6) is 1.25. The molecule has 0 bridgehead atoms. The third kappa shape index (κ3) is 4.36. The van der Waals surface area contributed by atoms with Crippen LogP contribution >= 0.6 is 15.9 Å². The number of nitrogens with zero attached hydrogens (tertiary/aromatic N) is 3. The van der Waals surface area contributed by atoms with Gasteiger partial charge in [0.15, 0.2) is 0 Å². The summed E-state index contributed by atoms with van der Waals surface area (Å²) in [4.78, 5) is 4.87. The lowest BCUT2D eigenvalue weighted by molar-refractivity contribution is 0.265. The van der Waals surface area contributed by atoms with Gasteiger partial charge in [-0.25, -0.2) is 8.42 Å². The van der Waals surface area contributed by atoms with Crippen LogP contribution in [-0.2, 0) is 10.0 Å². The van der Waals surface area contributed by atoms with Crippen molar-refractivity contribution in [1.29, 1.82) is 0 Å². The Kier molecular flexibility index (Phi) is 6.09. The predicted molar refractivity (Wildman–Crippen MR) is 119 cm³/mol. The molecule has 8 heteroatoms. The quantitative estimate of drug-likeness (QED) is 0.492. The summed E-state index contributed by atoms with van der Waals surface area (Å²) in [7, 11) is -3.56. The predicted octanol–water partition coefficient (Wildman–Crippen LogP) is 5.19. The number of halogens is 1. The molecule has 0 N–H and O–H groups in total. The van der Waals surface area contributed by atoms with E-state index in [1.165, 1.54) is 4.31 Å². The summed E-state index contributed by atoms with van der Waals surface area (Å²) < 4.78 is 34.3. The molecule has 0 spiro atoms. The van der Waals surface area contributed by atoms with Gasteiger partial charge in [-0.2, -0.15) is 9.29 Å². The molecule has 0 aliphatic carbocycles. The molecule has 3 aromatic rings. The molecular formula is C22H24BrN3O3S. The van der Waals surface area contributed by atoms with Crippen molar-refractivity contribution in [3.8, 4) is 11.4 Å². The van der Waals surface area contributed by atoms with E-state index in [-0.39, 0.29) is 5.92 Å². The largest absolute Gasteiger partial charge is 0.339 e. The number of hydrogen-bond donors (Lipinski definition) is 0. The van der Waals surface area contributed by atoms with Gasteiger partial charge in [-0.3, -0.25) is 0 Å². The molecule has 1 fully saturated rings. The van der Waals surface area contributed by atoms with Crippen LogP contribution in [0.5, 0.6) is 0 Å². The zero-order valence-electron chi connectivity index (χ0n) is 17.0. The first-order chi connectivity index (χ1) is 14.3. The maximum atomic E-state index is 13.2. The molecule has 0 radical (unpaired) electrons. The van der Waals surface area contributed by atoms with E-state index in [9.17, 15) is 8.42 Å². The minimum Gasteiger partial charge on any atom is -0.339 e. The first-order valence-corrected chi connectivity index (χ1v) is 12.3. The van der Waals surface area contributed by atoms with Gasteiger partial charge >= 0.3 is 0 Å². The van der Waals surface area contributed by atoms with Gasteiger partial charge in [-0.05, 0) is 60.7 Å². The summed E-state index contributed by atoms with van der Waals surface area (Å²) in [5, 5.41) is 4.09. The van der Waals surface area contributed by atoms with Gasteiger partial charge in [-0.1, -0.05) is 47.1 Å². The lowest BCUT2D eigenvalue weighted by Crippen LogP contribution is -2.39. The van der Waals surface area contributed by atoms with Gasteiger partial charge in [0.05, 0.1) is 10.8 Å². The minimum absolute atomic E-state index is 0.111. The number of hydrogen-bond acceptors (Lipinski definition) is 5. The van der Waals surface area contributed by atoms with Crippen LogP contribution in [0.4, 0.5) is 0 Å². The molecule has 2 aromatic carbocycles. The van der Waals surface area contributed by atoms with Crippen LogP contribution in [-0.4, -0.2) is 36.0 Å². The van der Waals surface area contributed by atoms with E-state index in [0.717, 1.165) is 28.4 Å². The van der Waals surface area contributed by atoms with E-state index >= 15 is 0 Å². The minimum atomic E-state index is -3.56. The van der Waals surface area contributed by atoms with Crippen LogP contribution in [0.1, 0.15) is 50.0 Å². The van der Waals surface area contributed by atoms with Crippen LogP contribution in [0.3, 0.4) is 0 Å². The Labute approximate surface area is 185 Å². The fourth-order valence-electron chi connectivity index (χ4n) is 3.65. The normalized spacial score (nSPS) is 18.1. The van der Waals surface area contributed by atoms with E-state index in [1.807, 2.05) is 36.4 Å². The first kappa shape index (κ1) is 21.2. The summed E-state index contributed by atoms with van der Waals surface area (Å²) in [6.45, 7) is 5.02. The maximum Gasteiger partial charge on any atom is 0.243 e. The highest BCUT2D eigenvalue weighted by Crippen LogP contribution is 2.31. The van der Waals surface area contributed by atoms with Crippen molar-refractivity contribution in [3.05, 3.63) is 64.5 Å². The number of rotatable bonds is 5. The molecule has 6 nitrogen and oxygen atoms in total. The Bertz CT molecular complexity index is 1110. The van der Waals surface area contributed by atoms with Crippen molar-refractivity contribution < 1.29 is 12.9 Å². The molecule has 0 saturated carbocycles. The molecule has 4 rings (SSSR count). The van der Waals surface area contributed by atoms with Gasteiger partial charge in [-0.15, -0.1) is 0 Å². The van der Waals surface area contributed by atoms with Gasteiger partial charge in [0, 0.05) is 23.1 Å².